The molecule has 1 unspecified atom stereocenters. The Morgan fingerprint density at radius 3 is 2.38 bits per heavy atom. The van der Waals surface area contributed by atoms with Crippen LogP contribution < -0.4 is 0 Å². The van der Waals surface area contributed by atoms with Crippen LogP contribution in [0, 0.1) is 5.41 Å². The highest BCUT2D eigenvalue weighted by molar-refractivity contribution is 5.10. The first-order valence-corrected chi connectivity index (χ1v) is 6.68. The van der Waals surface area contributed by atoms with Crippen molar-refractivity contribution < 1.29 is 0 Å². The lowest BCUT2D eigenvalue weighted by molar-refractivity contribution is 0.00633. The smallest absolute Gasteiger partial charge is 0.0279 e. The van der Waals surface area contributed by atoms with Crippen molar-refractivity contribution >= 4 is 0 Å². The van der Waals surface area contributed by atoms with Gasteiger partial charge >= 0.3 is 0 Å². The van der Waals surface area contributed by atoms with Crippen molar-refractivity contribution in [1.82, 2.24) is 4.90 Å². The number of hydrogen-bond acceptors (Lipinski definition) is 1. The first kappa shape index (κ1) is 13.8. The van der Waals surface area contributed by atoms with E-state index in [1.54, 1.807) is 0 Å². The van der Waals surface area contributed by atoms with Crippen molar-refractivity contribution in [2.24, 2.45) is 5.41 Å². The van der Waals surface area contributed by atoms with Gasteiger partial charge in [0, 0.05) is 11.6 Å². The van der Waals surface area contributed by atoms with Gasteiger partial charge in [0.2, 0.25) is 0 Å². The van der Waals surface area contributed by atoms with E-state index in [2.05, 4.69) is 53.0 Å². The van der Waals surface area contributed by atoms with Crippen LogP contribution in [0.15, 0.2) is 12.2 Å². The highest BCUT2D eigenvalue weighted by Crippen LogP contribution is 2.47. The predicted octanol–water partition coefficient (Wildman–Crippen LogP) is 4.24. The molecule has 0 aromatic carbocycles. The number of rotatable bonds is 3. The van der Waals surface area contributed by atoms with Crippen LogP contribution in [0.2, 0.25) is 0 Å². The van der Waals surface area contributed by atoms with Crippen molar-refractivity contribution in [2.45, 2.75) is 72.4 Å². The maximum Gasteiger partial charge on any atom is 0.0279 e. The summed E-state index contributed by atoms with van der Waals surface area (Å²) in [5.41, 5.74) is 2.01. The first-order chi connectivity index (χ1) is 7.26. The highest BCUT2D eigenvalue weighted by atomic mass is 15.3. The second-order valence-corrected chi connectivity index (χ2v) is 6.45. The van der Waals surface area contributed by atoms with Crippen LogP contribution in [-0.4, -0.2) is 23.0 Å². The Bertz CT molecular complexity index is 261. The molecule has 1 saturated heterocycles. The molecule has 0 spiro atoms. The normalized spacial score (nSPS) is 29.4. The van der Waals surface area contributed by atoms with E-state index in [-0.39, 0.29) is 0 Å². The van der Waals surface area contributed by atoms with E-state index in [4.69, 9.17) is 0 Å². The fraction of sp³-hybridized carbons (Fsp3) is 0.867. The molecule has 1 rings (SSSR count). The molecule has 94 valence electrons. The summed E-state index contributed by atoms with van der Waals surface area (Å²) < 4.78 is 0. The average Bonchev–Trinajstić information content (AvgIpc) is 2.59. The summed E-state index contributed by atoms with van der Waals surface area (Å²) in [6.45, 7) is 19.4. The zero-order valence-electron chi connectivity index (χ0n) is 12.1. The first-order valence-electron chi connectivity index (χ1n) is 6.68. The standard InChI is InChI=1S/C15H29N/c1-8-15(14(5,6)7)10-9-11-16(15)13(4)12(2)3/h13H,2,8-11H2,1,3-7H3/t13-,15?/m0/s1. The van der Waals surface area contributed by atoms with Crippen LogP contribution in [0.5, 0.6) is 0 Å². The Balaban J connectivity index is 3.05. The van der Waals surface area contributed by atoms with Crippen molar-refractivity contribution in [1.29, 1.82) is 0 Å². The molecule has 0 aromatic rings. The largest absolute Gasteiger partial charge is 0.291 e. The van der Waals surface area contributed by atoms with Gasteiger partial charge in [0.1, 0.15) is 0 Å². The number of nitrogens with zero attached hydrogens (tertiary/aromatic N) is 1. The summed E-state index contributed by atoms with van der Waals surface area (Å²) in [6, 6.07) is 0.515. The van der Waals surface area contributed by atoms with E-state index in [1.807, 2.05) is 0 Å². The molecule has 1 aliphatic heterocycles. The molecule has 1 heteroatoms. The van der Waals surface area contributed by atoms with Gasteiger partial charge in [0.15, 0.2) is 0 Å². The fourth-order valence-electron chi connectivity index (χ4n) is 3.45. The van der Waals surface area contributed by atoms with E-state index in [0.29, 0.717) is 17.0 Å². The topological polar surface area (TPSA) is 3.24 Å². The molecular weight excluding hydrogens is 194 g/mol. The van der Waals surface area contributed by atoms with Gasteiger partial charge < -0.3 is 0 Å². The molecule has 0 saturated carbocycles. The predicted molar refractivity (Wildman–Crippen MR) is 72.7 cm³/mol. The minimum Gasteiger partial charge on any atom is -0.291 e. The zero-order chi connectivity index (χ0) is 12.6. The van der Waals surface area contributed by atoms with E-state index in [0.717, 1.165) is 0 Å². The molecule has 0 aliphatic carbocycles. The third kappa shape index (κ3) is 2.07. The molecule has 1 fully saturated rings. The third-order valence-electron chi connectivity index (χ3n) is 4.70. The van der Waals surface area contributed by atoms with Crippen molar-refractivity contribution in [3.8, 4) is 0 Å². The highest BCUT2D eigenvalue weighted by Gasteiger charge is 2.49. The molecule has 0 bridgehead atoms. The van der Waals surface area contributed by atoms with Crippen molar-refractivity contribution in [3.63, 3.8) is 0 Å². The lowest BCUT2D eigenvalue weighted by Crippen LogP contribution is -2.56. The van der Waals surface area contributed by atoms with Crippen LogP contribution in [-0.2, 0) is 0 Å². The van der Waals surface area contributed by atoms with E-state index in [1.165, 1.54) is 31.4 Å². The van der Waals surface area contributed by atoms with E-state index >= 15 is 0 Å². The van der Waals surface area contributed by atoms with Gasteiger partial charge in [-0.3, -0.25) is 4.90 Å². The van der Waals surface area contributed by atoms with Gasteiger partial charge in [-0.05, 0) is 45.1 Å². The van der Waals surface area contributed by atoms with Gasteiger partial charge in [0.05, 0.1) is 0 Å². The van der Waals surface area contributed by atoms with Gasteiger partial charge in [-0.25, -0.2) is 0 Å². The molecule has 1 heterocycles. The maximum absolute atomic E-state index is 4.14. The zero-order valence-corrected chi connectivity index (χ0v) is 12.1. The Morgan fingerprint density at radius 1 is 1.44 bits per heavy atom. The third-order valence-corrected chi connectivity index (χ3v) is 4.70. The number of likely N-dealkylation sites (tertiary alicyclic amines) is 1. The van der Waals surface area contributed by atoms with Gasteiger partial charge in [-0.1, -0.05) is 39.8 Å². The quantitative estimate of drug-likeness (QED) is 0.647. The molecular formula is C15H29N. The van der Waals surface area contributed by atoms with Crippen LogP contribution in [0.25, 0.3) is 0 Å². The van der Waals surface area contributed by atoms with Crippen LogP contribution in [0.1, 0.15) is 60.8 Å². The Hall–Kier alpha value is -0.300. The van der Waals surface area contributed by atoms with E-state index in [9.17, 15) is 0 Å². The Labute approximate surface area is 102 Å². The summed E-state index contributed by atoms with van der Waals surface area (Å²) >= 11 is 0. The van der Waals surface area contributed by atoms with Gasteiger partial charge in [-0.15, -0.1) is 0 Å². The van der Waals surface area contributed by atoms with Crippen LogP contribution in [0.3, 0.4) is 0 Å². The van der Waals surface area contributed by atoms with Crippen LogP contribution >= 0.6 is 0 Å². The fourth-order valence-corrected chi connectivity index (χ4v) is 3.45. The average molecular weight is 223 g/mol. The van der Waals surface area contributed by atoms with Gasteiger partial charge in [-0.2, -0.15) is 0 Å². The molecule has 0 radical (unpaired) electrons. The summed E-state index contributed by atoms with van der Waals surface area (Å²) in [7, 11) is 0. The Kier molecular flexibility index (Phi) is 3.89. The number of hydrogen-bond donors (Lipinski definition) is 0. The van der Waals surface area contributed by atoms with E-state index < -0.39 is 0 Å². The van der Waals surface area contributed by atoms with Crippen molar-refractivity contribution in [3.05, 3.63) is 12.2 Å². The summed E-state index contributed by atoms with van der Waals surface area (Å²) in [4.78, 5) is 2.70. The van der Waals surface area contributed by atoms with Crippen molar-refractivity contribution in [2.75, 3.05) is 6.54 Å². The van der Waals surface area contributed by atoms with Gasteiger partial charge in [0.25, 0.3) is 0 Å². The monoisotopic (exact) mass is 223 g/mol. The Morgan fingerprint density at radius 2 is 2.00 bits per heavy atom. The molecule has 0 N–H and O–H groups in total. The summed E-state index contributed by atoms with van der Waals surface area (Å²) in [6.07, 6.45) is 3.92. The summed E-state index contributed by atoms with van der Waals surface area (Å²) in [5.74, 6) is 0. The molecule has 16 heavy (non-hydrogen) atoms. The lowest BCUT2D eigenvalue weighted by Gasteiger charge is -2.50. The molecule has 1 aliphatic rings. The minimum atomic E-state index is 0.349. The summed E-state index contributed by atoms with van der Waals surface area (Å²) in [5, 5.41) is 0. The molecule has 0 aromatic heterocycles. The minimum absolute atomic E-state index is 0.349. The maximum atomic E-state index is 4.14. The second kappa shape index (κ2) is 4.52. The molecule has 0 amide bonds. The molecule has 2 atom stereocenters. The second-order valence-electron chi connectivity index (χ2n) is 6.45. The molecule has 1 nitrogen and oxygen atoms in total. The van der Waals surface area contributed by atoms with Crippen LogP contribution in [0.4, 0.5) is 0 Å². The lowest BCUT2D eigenvalue weighted by atomic mass is 9.69. The SMILES string of the molecule is C=C(C)[C@H](C)N1CCCC1(CC)C(C)(C)C.